The van der Waals surface area contributed by atoms with Gasteiger partial charge in [-0.25, -0.2) is 8.42 Å². The molecule has 34 heavy (non-hydrogen) atoms. The van der Waals surface area contributed by atoms with Crippen molar-refractivity contribution in [3.63, 3.8) is 0 Å². The topological polar surface area (TPSA) is 82.2 Å². The molecule has 1 heterocycles. The fraction of sp³-hybridized carbons (Fsp3) is 0.480. The number of rotatable bonds is 10. The largest absolute Gasteiger partial charge is 0.496 e. The van der Waals surface area contributed by atoms with E-state index in [0.717, 1.165) is 44.0 Å². The summed E-state index contributed by atoms with van der Waals surface area (Å²) in [7, 11) is -2.08. The highest BCUT2D eigenvalue weighted by atomic mass is 32.2. The van der Waals surface area contributed by atoms with Crippen molar-refractivity contribution in [1.29, 1.82) is 0 Å². The summed E-state index contributed by atoms with van der Waals surface area (Å²) in [4.78, 5) is 17.8. The number of nitrogens with zero attached hydrogens (tertiary/aromatic N) is 3. The average Bonchev–Trinajstić information content (AvgIpc) is 2.85. The molecule has 1 amide bonds. The summed E-state index contributed by atoms with van der Waals surface area (Å²) in [6, 6.07) is 12.4. The summed E-state index contributed by atoms with van der Waals surface area (Å²) in [5, 5.41) is 2.99. The molecule has 1 N–H and O–H groups in total. The lowest BCUT2D eigenvalue weighted by Crippen LogP contribution is -2.46. The molecule has 3 rings (SSSR count). The van der Waals surface area contributed by atoms with Gasteiger partial charge < -0.3 is 19.9 Å². The van der Waals surface area contributed by atoms with Gasteiger partial charge in [0.05, 0.1) is 29.8 Å². The molecule has 2 aromatic rings. The van der Waals surface area contributed by atoms with Crippen LogP contribution in [0.3, 0.4) is 0 Å². The first-order valence-corrected chi connectivity index (χ1v) is 13.3. The van der Waals surface area contributed by atoms with Gasteiger partial charge in [-0.15, -0.1) is 0 Å². The van der Waals surface area contributed by atoms with E-state index in [1.165, 1.54) is 4.31 Å². The Morgan fingerprint density at radius 2 is 1.71 bits per heavy atom. The third-order valence-electron chi connectivity index (χ3n) is 6.29. The second kappa shape index (κ2) is 11.7. The van der Waals surface area contributed by atoms with Crippen LogP contribution in [0.15, 0.2) is 47.4 Å². The van der Waals surface area contributed by atoms with E-state index in [-0.39, 0.29) is 17.2 Å². The van der Waals surface area contributed by atoms with Crippen LogP contribution in [-0.2, 0) is 21.2 Å². The van der Waals surface area contributed by atoms with Crippen LogP contribution in [0.1, 0.15) is 26.3 Å². The van der Waals surface area contributed by atoms with Crippen molar-refractivity contribution < 1.29 is 17.9 Å². The molecule has 0 radical (unpaired) electrons. The van der Waals surface area contributed by atoms with E-state index < -0.39 is 10.0 Å². The molecule has 1 fully saturated rings. The van der Waals surface area contributed by atoms with Crippen LogP contribution in [0.2, 0.25) is 0 Å². The van der Waals surface area contributed by atoms with E-state index >= 15 is 0 Å². The van der Waals surface area contributed by atoms with Crippen LogP contribution in [0.4, 0.5) is 11.4 Å². The number of amides is 1. The lowest BCUT2D eigenvalue weighted by molar-refractivity contribution is -0.115. The number of hydrogen-bond acceptors (Lipinski definition) is 6. The Morgan fingerprint density at radius 1 is 1.03 bits per heavy atom. The van der Waals surface area contributed by atoms with Crippen molar-refractivity contribution in [1.82, 2.24) is 9.21 Å². The van der Waals surface area contributed by atoms with Gasteiger partial charge in [-0.05, 0) is 30.8 Å². The van der Waals surface area contributed by atoms with Gasteiger partial charge in [-0.3, -0.25) is 4.79 Å². The summed E-state index contributed by atoms with van der Waals surface area (Å²) >= 11 is 0. The predicted molar refractivity (Wildman–Crippen MR) is 136 cm³/mol. The maximum Gasteiger partial charge on any atom is 0.243 e. The predicted octanol–water partition coefficient (Wildman–Crippen LogP) is 3.05. The minimum atomic E-state index is -3.65. The van der Waals surface area contributed by atoms with E-state index in [1.54, 1.807) is 19.2 Å². The highest BCUT2D eigenvalue weighted by molar-refractivity contribution is 7.89. The monoisotopic (exact) mass is 488 g/mol. The number of likely N-dealkylation sites (N-methyl/N-ethyl adjacent to an activating group) is 1. The Morgan fingerprint density at radius 3 is 2.32 bits per heavy atom. The number of para-hydroxylation sites is 1. The Hall–Kier alpha value is -2.62. The summed E-state index contributed by atoms with van der Waals surface area (Å²) in [5.74, 6) is 0.418. The number of anilines is 2. The lowest BCUT2D eigenvalue weighted by atomic mass is 10.1. The Balaban J connectivity index is 1.93. The minimum Gasteiger partial charge on any atom is -0.496 e. The molecule has 186 valence electrons. The van der Waals surface area contributed by atoms with Gasteiger partial charge >= 0.3 is 0 Å². The number of hydrogen-bond donors (Lipinski definition) is 1. The van der Waals surface area contributed by atoms with E-state index in [1.807, 2.05) is 44.2 Å². The molecule has 0 aromatic heterocycles. The van der Waals surface area contributed by atoms with Gasteiger partial charge in [0, 0.05) is 44.8 Å². The normalized spacial score (nSPS) is 14.9. The number of ether oxygens (including phenoxy) is 1. The summed E-state index contributed by atoms with van der Waals surface area (Å²) in [6.07, 6.45) is 0.125. The first-order valence-electron chi connectivity index (χ1n) is 11.9. The van der Waals surface area contributed by atoms with Gasteiger partial charge in [-0.2, -0.15) is 4.31 Å². The van der Waals surface area contributed by atoms with Crippen molar-refractivity contribution in [2.45, 2.75) is 32.1 Å². The standard InChI is InChI=1S/C25H36N4O4S/c1-5-27-14-16-28(17-15-27)23-13-12-21(34(31,32)29(6-2)7-3)19-22(23)26-25(30)18-20-10-8-9-11-24(20)33-4/h8-13,19H,5-7,14-18H2,1-4H3,(H,26,30). The number of piperazine rings is 1. The summed E-state index contributed by atoms with van der Waals surface area (Å²) in [5.41, 5.74) is 2.12. The molecule has 2 aromatic carbocycles. The highest BCUT2D eigenvalue weighted by Crippen LogP contribution is 2.31. The average molecular weight is 489 g/mol. The van der Waals surface area contributed by atoms with Gasteiger partial charge in [-0.1, -0.05) is 39.0 Å². The van der Waals surface area contributed by atoms with Gasteiger partial charge in [0.2, 0.25) is 15.9 Å². The third kappa shape index (κ3) is 5.89. The van der Waals surface area contributed by atoms with Crippen molar-refractivity contribution >= 4 is 27.3 Å². The zero-order valence-electron chi connectivity index (χ0n) is 20.6. The maximum absolute atomic E-state index is 13.2. The molecule has 1 aliphatic heterocycles. The SMILES string of the molecule is CCN1CCN(c2ccc(S(=O)(=O)N(CC)CC)cc2NC(=O)Cc2ccccc2OC)CC1. The minimum absolute atomic E-state index is 0.125. The second-order valence-electron chi connectivity index (χ2n) is 8.23. The lowest BCUT2D eigenvalue weighted by Gasteiger charge is -2.36. The molecular weight excluding hydrogens is 452 g/mol. The number of benzene rings is 2. The van der Waals surface area contributed by atoms with Crippen molar-refractivity contribution in [2.75, 3.05) is 63.1 Å². The number of carbonyl (C=O) groups is 1. The second-order valence-corrected chi connectivity index (χ2v) is 10.2. The van der Waals surface area contributed by atoms with Crippen LogP contribution in [0, 0.1) is 0 Å². The van der Waals surface area contributed by atoms with Gasteiger partial charge in [0.1, 0.15) is 5.75 Å². The Kier molecular flexibility index (Phi) is 8.93. The molecule has 0 atom stereocenters. The van der Waals surface area contributed by atoms with E-state index in [0.29, 0.717) is 24.5 Å². The quantitative estimate of drug-likeness (QED) is 0.554. The molecule has 0 saturated carbocycles. The molecule has 1 saturated heterocycles. The molecule has 8 nitrogen and oxygen atoms in total. The molecule has 0 spiro atoms. The van der Waals surface area contributed by atoms with Crippen molar-refractivity contribution in [3.05, 3.63) is 48.0 Å². The van der Waals surface area contributed by atoms with Crippen LogP contribution in [0.5, 0.6) is 5.75 Å². The first-order chi connectivity index (χ1) is 16.3. The van der Waals surface area contributed by atoms with E-state index in [2.05, 4.69) is 22.0 Å². The zero-order chi connectivity index (χ0) is 24.7. The summed E-state index contributed by atoms with van der Waals surface area (Å²) < 4.78 is 33.1. The number of nitrogens with one attached hydrogen (secondary N) is 1. The highest BCUT2D eigenvalue weighted by Gasteiger charge is 2.25. The van der Waals surface area contributed by atoms with Crippen LogP contribution >= 0.6 is 0 Å². The first kappa shape index (κ1) is 26.0. The maximum atomic E-state index is 13.2. The van der Waals surface area contributed by atoms with Crippen molar-refractivity contribution in [3.8, 4) is 5.75 Å². The Bertz CT molecular complexity index is 1080. The number of methoxy groups -OCH3 is 1. The van der Waals surface area contributed by atoms with E-state index in [4.69, 9.17) is 4.74 Å². The zero-order valence-corrected chi connectivity index (χ0v) is 21.4. The smallest absolute Gasteiger partial charge is 0.243 e. The van der Waals surface area contributed by atoms with E-state index in [9.17, 15) is 13.2 Å². The van der Waals surface area contributed by atoms with Crippen LogP contribution in [-0.4, -0.2) is 76.5 Å². The Labute approximate surface area is 203 Å². The molecule has 0 unspecified atom stereocenters. The molecule has 0 bridgehead atoms. The molecule has 1 aliphatic rings. The number of sulfonamides is 1. The van der Waals surface area contributed by atoms with Gasteiger partial charge in [0.15, 0.2) is 0 Å². The third-order valence-corrected chi connectivity index (χ3v) is 8.33. The van der Waals surface area contributed by atoms with Crippen molar-refractivity contribution in [2.24, 2.45) is 0 Å². The van der Waals surface area contributed by atoms with Crippen LogP contribution < -0.4 is 15.0 Å². The molecule has 0 aliphatic carbocycles. The van der Waals surface area contributed by atoms with Gasteiger partial charge in [0.25, 0.3) is 0 Å². The fourth-order valence-corrected chi connectivity index (χ4v) is 5.77. The molecule has 9 heteroatoms. The summed E-state index contributed by atoms with van der Waals surface area (Å²) in [6.45, 7) is 11.0. The number of carbonyl (C=O) groups excluding carboxylic acids is 1. The molecular formula is C25H36N4O4S. The fourth-order valence-electron chi connectivity index (χ4n) is 4.29. The van der Waals surface area contributed by atoms with Crippen LogP contribution in [0.25, 0.3) is 0 Å².